The SMILES string of the molecule is C[C@@H](CC(=O)NCc1ccccn1)CC(=O)Nc1ccc(F)cc1. The van der Waals surface area contributed by atoms with Crippen molar-refractivity contribution in [2.24, 2.45) is 5.92 Å². The van der Waals surface area contributed by atoms with E-state index < -0.39 is 0 Å². The van der Waals surface area contributed by atoms with Crippen LogP contribution >= 0.6 is 0 Å². The summed E-state index contributed by atoms with van der Waals surface area (Å²) in [5.74, 6) is -0.783. The number of nitrogens with zero attached hydrogens (tertiary/aromatic N) is 1. The van der Waals surface area contributed by atoms with Gasteiger partial charge in [-0.3, -0.25) is 14.6 Å². The maximum atomic E-state index is 12.8. The second kappa shape index (κ2) is 8.76. The first-order valence-corrected chi connectivity index (χ1v) is 7.75. The summed E-state index contributed by atoms with van der Waals surface area (Å²) in [6.45, 7) is 2.21. The highest BCUT2D eigenvalue weighted by atomic mass is 19.1. The van der Waals surface area contributed by atoms with E-state index in [1.165, 1.54) is 24.3 Å². The molecule has 0 aliphatic carbocycles. The van der Waals surface area contributed by atoms with Gasteiger partial charge in [-0.1, -0.05) is 13.0 Å². The van der Waals surface area contributed by atoms with E-state index in [4.69, 9.17) is 0 Å². The molecule has 1 aromatic heterocycles. The molecule has 0 saturated carbocycles. The Hall–Kier alpha value is -2.76. The molecule has 0 unspecified atom stereocenters. The summed E-state index contributed by atoms with van der Waals surface area (Å²) in [6, 6.07) is 11.1. The van der Waals surface area contributed by atoms with Gasteiger partial charge in [0.2, 0.25) is 11.8 Å². The van der Waals surface area contributed by atoms with Crippen molar-refractivity contribution in [3.8, 4) is 0 Å². The zero-order valence-corrected chi connectivity index (χ0v) is 13.5. The molecule has 0 radical (unpaired) electrons. The zero-order chi connectivity index (χ0) is 17.4. The number of aromatic nitrogens is 1. The molecular weight excluding hydrogens is 309 g/mol. The highest BCUT2D eigenvalue weighted by Gasteiger charge is 2.13. The van der Waals surface area contributed by atoms with Gasteiger partial charge in [-0.05, 0) is 42.3 Å². The fourth-order valence-corrected chi connectivity index (χ4v) is 2.21. The second-order valence-electron chi connectivity index (χ2n) is 5.67. The quantitative estimate of drug-likeness (QED) is 0.820. The lowest BCUT2D eigenvalue weighted by atomic mass is 10.0. The van der Waals surface area contributed by atoms with E-state index in [9.17, 15) is 14.0 Å². The van der Waals surface area contributed by atoms with E-state index in [0.717, 1.165) is 5.69 Å². The van der Waals surface area contributed by atoms with Gasteiger partial charge in [-0.15, -0.1) is 0 Å². The standard InChI is InChI=1S/C18H20FN3O2/c1-13(10-17(23)21-12-16-4-2-3-9-20-16)11-18(24)22-15-7-5-14(19)6-8-15/h2-9,13H,10-12H2,1H3,(H,21,23)(H,22,24)/t13-/m0/s1. The van der Waals surface area contributed by atoms with Crippen LogP contribution in [-0.2, 0) is 16.1 Å². The molecule has 2 rings (SSSR count). The normalized spacial score (nSPS) is 11.6. The molecule has 24 heavy (non-hydrogen) atoms. The third kappa shape index (κ3) is 6.16. The summed E-state index contributed by atoms with van der Waals surface area (Å²) in [5, 5.41) is 5.47. The maximum absolute atomic E-state index is 12.8. The number of carbonyl (C=O) groups is 2. The zero-order valence-electron chi connectivity index (χ0n) is 13.5. The van der Waals surface area contributed by atoms with Crippen LogP contribution in [-0.4, -0.2) is 16.8 Å². The second-order valence-corrected chi connectivity index (χ2v) is 5.67. The Balaban J connectivity index is 1.71. The number of benzene rings is 1. The Morgan fingerprint density at radius 2 is 1.79 bits per heavy atom. The van der Waals surface area contributed by atoms with Gasteiger partial charge in [-0.2, -0.15) is 0 Å². The van der Waals surface area contributed by atoms with Crippen molar-refractivity contribution in [2.45, 2.75) is 26.3 Å². The minimum absolute atomic E-state index is 0.103. The summed E-state index contributed by atoms with van der Waals surface area (Å²) < 4.78 is 12.8. The summed E-state index contributed by atoms with van der Waals surface area (Å²) in [7, 11) is 0. The van der Waals surface area contributed by atoms with Crippen LogP contribution in [0.25, 0.3) is 0 Å². The molecule has 126 valence electrons. The van der Waals surface area contributed by atoms with Crippen LogP contribution in [0.5, 0.6) is 0 Å². The molecule has 0 spiro atoms. The van der Waals surface area contributed by atoms with Crippen LogP contribution in [0.15, 0.2) is 48.7 Å². The van der Waals surface area contributed by atoms with Crippen LogP contribution in [0.3, 0.4) is 0 Å². The molecule has 2 aromatic rings. The van der Waals surface area contributed by atoms with E-state index in [2.05, 4.69) is 15.6 Å². The number of pyridine rings is 1. The monoisotopic (exact) mass is 329 g/mol. The van der Waals surface area contributed by atoms with Crippen LogP contribution in [0, 0.1) is 11.7 Å². The summed E-state index contributed by atoms with van der Waals surface area (Å²) >= 11 is 0. The van der Waals surface area contributed by atoms with Crippen molar-refractivity contribution < 1.29 is 14.0 Å². The fourth-order valence-electron chi connectivity index (χ4n) is 2.21. The van der Waals surface area contributed by atoms with E-state index in [0.29, 0.717) is 12.2 Å². The Morgan fingerprint density at radius 3 is 2.46 bits per heavy atom. The number of nitrogens with one attached hydrogen (secondary N) is 2. The van der Waals surface area contributed by atoms with Gasteiger partial charge in [0.1, 0.15) is 5.82 Å². The highest BCUT2D eigenvalue weighted by Crippen LogP contribution is 2.12. The van der Waals surface area contributed by atoms with Gasteiger partial charge in [-0.25, -0.2) is 4.39 Å². The minimum Gasteiger partial charge on any atom is -0.350 e. The number of hydrogen-bond donors (Lipinski definition) is 2. The number of anilines is 1. The molecule has 0 bridgehead atoms. The largest absolute Gasteiger partial charge is 0.350 e. The van der Waals surface area contributed by atoms with Gasteiger partial charge in [0, 0.05) is 24.7 Å². The summed E-state index contributed by atoms with van der Waals surface area (Å²) in [6.07, 6.45) is 2.14. The molecule has 0 aliphatic heterocycles. The van der Waals surface area contributed by atoms with Gasteiger partial charge < -0.3 is 10.6 Å². The van der Waals surface area contributed by atoms with Crippen molar-refractivity contribution in [1.82, 2.24) is 10.3 Å². The Morgan fingerprint density at radius 1 is 1.08 bits per heavy atom. The van der Waals surface area contributed by atoms with Crippen molar-refractivity contribution in [3.63, 3.8) is 0 Å². The lowest BCUT2D eigenvalue weighted by molar-refractivity contribution is -0.122. The van der Waals surface area contributed by atoms with Crippen molar-refractivity contribution >= 4 is 17.5 Å². The molecule has 6 heteroatoms. The molecule has 0 fully saturated rings. The number of amides is 2. The van der Waals surface area contributed by atoms with Gasteiger partial charge in [0.05, 0.1) is 12.2 Å². The fraction of sp³-hybridized carbons (Fsp3) is 0.278. The lowest BCUT2D eigenvalue weighted by Gasteiger charge is -2.12. The lowest BCUT2D eigenvalue weighted by Crippen LogP contribution is -2.26. The number of rotatable bonds is 7. The van der Waals surface area contributed by atoms with Crippen LogP contribution in [0.1, 0.15) is 25.5 Å². The minimum atomic E-state index is -0.356. The van der Waals surface area contributed by atoms with E-state index >= 15 is 0 Å². The van der Waals surface area contributed by atoms with Crippen molar-refractivity contribution in [2.75, 3.05) is 5.32 Å². The number of carbonyl (C=O) groups excluding carboxylic acids is 2. The number of halogens is 1. The van der Waals surface area contributed by atoms with Gasteiger partial charge in [0.15, 0.2) is 0 Å². The molecule has 2 amide bonds. The first kappa shape index (κ1) is 17.6. The summed E-state index contributed by atoms with van der Waals surface area (Å²) in [5.41, 5.74) is 1.32. The predicted octanol–water partition coefficient (Wildman–Crippen LogP) is 2.89. The Labute approximate surface area is 140 Å². The molecule has 1 aromatic carbocycles. The van der Waals surface area contributed by atoms with Crippen molar-refractivity contribution in [3.05, 3.63) is 60.2 Å². The number of hydrogen-bond acceptors (Lipinski definition) is 3. The smallest absolute Gasteiger partial charge is 0.224 e. The third-order valence-electron chi connectivity index (χ3n) is 3.39. The maximum Gasteiger partial charge on any atom is 0.224 e. The molecule has 5 nitrogen and oxygen atoms in total. The first-order chi connectivity index (χ1) is 11.5. The molecular formula is C18H20FN3O2. The van der Waals surface area contributed by atoms with E-state index in [1.54, 1.807) is 6.20 Å². The molecule has 0 aliphatic rings. The van der Waals surface area contributed by atoms with Gasteiger partial charge in [0.25, 0.3) is 0 Å². The topological polar surface area (TPSA) is 71.1 Å². The van der Waals surface area contributed by atoms with Gasteiger partial charge >= 0.3 is 0 Å². The molecule has 1 atom stereocenters. The third-order valence-corrected chi connectivity index (χ3v) is 3.39. The van der Waals surface area contributed by atoms with Crippen LogP contribution in [0.2, 0.25) is 0 Å². The van der Waals surface area contributed by atoms with Crippen LogP contribution in [0.4, 0.5) is 10.1 Å². The molecule has 1 heterocycles. The average Bonchev–Trinajstić information content (AvgIpc) is 2.56. The molecule has 2 N–H and O–H groups in total. The van der Waals surface area contributed by atoms with E-state index in [-0.39, 0.29) is 36.4 Å². The van der Waals surface area contributed by atoms with Crippen molar-refractivity contribution in [1.29, 1.82) is 0 Å². The first-order valence-electron chi connectivity index (χ1n) is 7.75. The molecule has 0 saturated heterocycles. The average molecular weight is 329 g/mol. The van der Waals surface area contributed by atoms with E-state index in [1.807, 2.05) is 25.1 Å². The Bertz CT molecular complexity index is 674. The summed E-state index contributed by atoms with van der Waals surface area (Å²) in [4.78, 5) is 27.9. The highest BCUT2D eigenvalue weighted by molar-refractivity contribution is 5.91. The van der Waals surface area contributed by atoms with Crippen LogP contribution < -0.4 is 10.6 Å². The Kier molecular flexibility index (Phi) is 6.42. The predicted molar refractivity (Wildman–Crippen MR) is 89.5 cm³/mol.